The van der Waals surface area contributed by atoms with Gasteiger partial charge in [0.15, 0.2) is 0 Å². The standard InChI is InChI=1S/C23H24N2O4S2.ClH/c1-28-22(26)19-7-3-17(4-8-19)14-30-21(13-25-12-11-24-16-25)31-15-18-5-9-20(10-6-18)23(27)29-2;/h3-12,16,21H,13-15H2,1-2H3;1H. The van der Waals surface area contributed by atoms with Crippen LogP contribution in [-0.4, -0.2) is 40.3 Å². The summed E-state index contributed by atoms with van der Waals surface area (Å²) in [5.74, 6) is 1.00. The lowest BCUT2D eigenvalue weighted by Gasteiger charge is -2.17. The van der Waals surface area contributed by atoms with E-state index < -0.39 is 0 Å². The van der Waals surface area contributed by atoms with Crippen molar-refractivity contribution < 1.29 is 19.1 Å². The summed E-state index contributed by atoms with van der Waals surface area (Å²) in [6.45, 7) is 0.829. The summed E-state index contributed by atoms with van der Waals surface area (Å²) >= 11 is 3.70. The lowest BCUT2D eigenvalue weighted by atomic mass is 10.1. The van der Waals surface area contributed by atoms with Gasteiger partial charge in [-0.3, -0.25) is 0 Å². The van der Waals surface area contributed by atoms with Crippen LogP contribution in [0.15, 0.2) is 67.3 Å². The average molecular weight is 493 g/mol. The van der Waals surface area contributed by atoms with E-state index in [0.717, 1.165) is 29.2 Å². The van der Waals surface area contributed by atoms with E-state index >= 15 is 0 Å². The Kier molecular flexibility index (Phi) is 10.7. The van der Waals surface area contributed by atoms with Crippen molar-refractivity contribution in [3.63, 3.8) is 0 Å². The second kappa shape index (κ2) is 13.2. The predicted octanol–water partition coefficient (Wildman–Crippen LogP) is 5.07. The maximum absolute atomic E-state index is 11.6. The van der Waals surface area contributed by atoms with Crippen molar-refractivity contribution in [3.8, 4) is 0 Å². The molecule has 32 heavy (non-hydrogen) atoms. The molecule has 1 heterocycles. The number of esters is 2. The van der Waals surface area contributed by atoms with Crippen molar-refractivity contribution in [2.75, 3.05) is 14.2 Å². The van der Waals surface area contributed by atoms with E-state index in [2.05, 4.69) is 9.55 Å². The number of methoxy groups -OCH3 is 2. The lowest BCUT2D eigenvalue weighted by Crippen LogP contribution is -2.09. The fourth-order valence-electron chi connectivity index (χ4n) is 2.81. The van der Waals surface area contributed by atoms with Gasteiger partial charge in [0.1, 0.15) is 0 Å². The van der Waals surface area contributed by atoms with Gasteiger partial charge in [-0.1, -0.05) is 24.3 Å². The third kappa shape index (κ3) is 7.62. The molecule has 0 unspecified atom stereocenters. The molecule has 0 N–H and O–H groups in total. The van der Waals surface area contributed by atoms with Gasteiger partial charge in [-0.15, -0.1) is 35.9 Å². The molecule has 6 nitrogen and oxygen atoms in total. The van der Waals surface area contributed by atoms with E-state index in [-0.39, 0.29) is 24.3 Å². The van der Waals surface area contributed by atoms with E-state index in [4.69, 9.17) is 9.47 Å². The van der Waals surface area contributed by atoms with Crippen LogP contribution in [0.25, 0.3) is 0 Å². The van der Waals surface area contributed by atoms with Gasteiger partial charge in [0.25, 0.3) is 0 Å². The summed E-state index contributed by atoms with van der Waals surface area (Å²) < 4.78 is 11.9. The number of carbonyl (C=O) groups is 2. The Balaban J connectivity index is 0.00000363. The van der Waals surface area contributed by atoms with Crippen LogP contribution in [0, 0.1) is 0 Å². The van der Waals surface area contributed by atoms with Crippen molar-refractivity contribution in [2.24, 2.45) is 0 Å². The van der Waals surface area contributed by atoms with Crippen molar-refractivity contribution in [1.82, 2.24) is 9.55 Å². The van der Waals surface area contributed by atoms with E-state index in [1.165, 1.54) is 14.2 Å². The van der Waals surface area contributed by atoms with Crippen molar-refractivity contribution in [3.05, 3.63) is 89.5 Å². The first-order valence-electron chi connectivity index (χ1n) is 9.62. The van der Waals surface area contributed by atoms with E-state index in [9.17, 15) is 9.59 Å². The maximum Gasteiger partial charge on any atom is 0.337 e. The molecule has 0 fully saturated rings. The summed E-state index contributed by atoms with van der Waals surface area (Å²) in [5.41, 5.74) is 3.40. The Labute approximate surface area is 202 Å². The smallest absolute Gasteiger partial charge is 0.337 e. The molecule has 0 saturated carbocycles. The van der Waals surface area contributed by atoms with Crippen LogP contribution in [0.4, 0.5) is 0 Å². The molecule has 0 bridgehead atoms. The van der Waals surface area contributed by atoms with Crippen LogP contribution in [0.5, 0.6) is 0 Å². The second-order valence-electron chi connectivity index (χ2n) is 6.69. The lowest BCUT2D eigenvalue weighted by molar-refractivity contribution is 0.0592. The minimum atomic E-state index is -0.328. The second-order valence-corrected chi connectivity index (χ2v) is 9.37. The van der Waals surface area contributed by atoms with E-state index in [1.54, 1.807) is 30.5 Å². The molecule has 0 saturated heterocycles. The van der Waals surface area contributed by atoms with Gasteiger partial charge in [-0.05, 0) is 35.4 Å². The Hall–Kier alpha value is -2.42. The zero-order valence-corrected chi connectivity index (χ0v) is 20.3. The summed E-state index contributed by atoms with van der Waals surface area (Å²) in [4.78, 5) is 27.3. The number of ether oxygens (including phenoxy) is 2. The Morgan fingerprint density at radius 1 is 0.875 bits per heavy atom. The van der Waals surface area contributed by atoms with Gasteiger partial charge in [0.2, 0.25) is 0 Å². The number of halogens is 1. The van der Waals surface area contributed by atoms with Gasteiger partial charge < -0.3 is 14.0 Å². The molecule has 170 valence electrons. The van der Waals surface area contributed by atoms with Crippen LogP contribution in [0.3, 0.4) is 0 Å². The highest BCUT2D eigenvalue weighted by Crippen LogP contribution is 2.31. The third-order valence-corrected chi connectivity index (χ3v) is 7.40. The number of hydrogen-bond acceptors (Lipinski definition) is 7. The molecular weight excluding hydrogens is 468 g/mol. The number of hydrogen-bond donors (Lipinski definition) is 0. The molecule has 0 aliphatic heterocycles. The van der Waals surface area contributed by atoms with Crippen molar-refractivity contribution in [2.45, 2.75) is 22.6 Å². The fourth-order valence-corrected chi connectivity index (χ4v) is 5.30. The monoisotopic (exact) mass is 492 g/mol. The first kappa shape index (κ1) is 25.8. The number of carbonyl (C=O) groups excluding carboxylic acids is 2. The molecule has 0 aliphatic carbocycles. The van der Waals surface area contributed by atoms with Crippen LogP contribution >= 0.6 is 35.9 Å². The van der Waals surface area contributed by atoms with E-state index in [0.29, 0.717) is 15.7 Å². The topological polar surface area (TPSA) is 70.4 Å². The normalized spacial score (nSPS) is 10.5. The summed E-state index contributed by atoms with van der Waals surface area (Å²) in [5, 5.41) is 0. The summed E-state index contributed by atoms with van der Waals surface area (Å²) in [7, 11) is 2.76. The summed E-state index contributed by atoms with van der Waals surface area (Å²) in [6, 6.07) is 15.0. The van der Waals surface area contributed by atoms with Gasteiger partial charge in [-0.25, -0.2) is 14.6 Å². The SMILES string of the molecule is COC(=O)c1ccc(CSC(Cn2ccnc2)SCc2ccc(C(=O)OC)cc2)cc1.Cl. The number of nitrogens with zero attached hydrogens (tertiary/aromatic N) is 2. The molecule has 3 rings (SSSR count). The molecule has 1 aromatic heterocycles. The van der Waals surface area contributed by atoms with Crippen LogP contribution < -0.4 is 0 Å². The van der Waals surface area contributed by atoms with E-state index in [1.807, 2.05) is 60.3 Å². The number of thioether (sulfide) groups is 2. The maximum atomic E-state index is 11.6. The quantitative estimate of drug-likeness (QED) is 0.289. The van der Waals surface area contributed by atoms with Gasteiger partial charge in [0, 0.05) is 30.4 Å². The Morgan fingerprint density at radius 2 is 1.34 bits per heavy atom. The highest BCUT2D eigenvalue weighted by atomic mass is 35.5. The zero-order chi connectivity index (χ0) is 22.1. The molecule has 9 heteroatoms. The number of imidazole rings is 1. The number of aromatic nitrogens is 2. The van der Waals surface area contributed by atoms with Gasteiger partial charge >= 0.3 is 11.9 Å². The largest absolute Gasteiger partial charge is 0.465 e. The fraction of sp³-hybridized carbons (Fsp3) is 0.261. The molecule has 0 atom stereocenters. The Bertz CT molecular complexity index is 917. The predicted molar refractivity (Wildman–Crippen MR) is 131 cm³/mol. The minimum absolute atomic E-state index is 0. The molecule has 0 amide bonds. The molecule has 3 aromatic rings. The van der Waals surface area contributed by atoms with Gasteiger partial charge in [0.05, 0.1) is 36.3 Å². The molecular formula is C23H25ClN2O4S2. The molecule has 0 spiro atoms. The number of benzene rings is 2. The van der Waals surface area contributed by atoms with Crippen LogP contribution in [-0.2, 0) is 27.5 Å². The third-order valence-electron chi connectivity index (χ3n) is 4.54. The first-order valence-corrected chi connectivity index (χ1v) is 11.7. The number of rotatable bonds is 10. The zero-order valence-electron chi connectivity index (χ0n) is 17.8. The molecule has 2 aromatic carbocycles. The summed E-state index contributed by atoms with van der Waals surface area (Å²) in [6.07, 6.45) is 5.57. The average Bonchev–Trinajstić information content (AvgIpc) is 3.33. The van der Waals surface area contributed by atoms with Crippen molar-refractivity contribution in [1.29, 1.82) is 0 Å². The Morgan fingerprint density at radius 3 is 1.72 bits per heavy atom. The highest BCUT2D eigenvalue weighted by molar-refractivity contribution is 8.16. The van der Waals surface area contributed by atoms with Gasteiger partial charge in [-0.2, -0.15) is 0 Å². The minimum Gasteiger partial charge on any atom is -0.465 e. The highest BCUT2D eigenvalue weighted by Gasteiger charge is 2.13. The van der Waals surface area contributed by atoms with Crippen LogP contribution in [0.1, 0.15) is 31.8 Å². The molecule has 0 radical (unpaired) electrons. The van der Waals surface area contributed by atoms with Crippen LogP contribution in [0.2, 0.25) is 0 Å². The van der Waals surface area contributed by atoms with Crippen molar-refractivity contribution >= 4 is 47.9 Å². The molecule has 0 aliphatic rings. The first-order chi connectivity index (χ1) is 15.1.